The minimum Gasteiger partial charge on any atom is -0.496 e. The first-order valence-corrected chi connectivity index (χ1v) is 13.5. The number of pyridine rings is 1. The van der Waals surface area contributed by atoms with Crippen LogP contribution in [0.2, 0.25) is 0 Å². The minimum absolute atomic E-state index is 0.0237. The van der Waals surface area contributed by atoms with Gasteiger partial charge in [0.2, 0.25) is 0 Å². The molecule has 1 atom stereocenters. The number of allylic oxidation sites excluding steroid dienone is 3. The lowest BCUT2D eigenvalue weighted by Crippen LogP contribution is -2.39. The molecule has 0 bridgehead atoms. The number of methoxy groups -OCH3 is 1. The van der Waals surface area contributed by atoms with Gasteiger partial charge in [0, 0.05) is 46.6 Å². The predicted octanol–water partition coefficient (Wildman–Crippen LogP) is 5.78. The Morgan fingerprint density at radius 1 is 1.15 bits per heavy atom. The Balaban J connectivity index is 1.55. The van der Waals surface area contributed by atoms with Crippen LogP contribution in [0.1, 0.15) is 56.2 Å². The van der Waals surface area contributed by atoms with Crippen molar-refractivity contribution in [1.29, 1.82) is 5.26 Å². The molecule has 0 saturated carbocycles. The first-order valence-electron chi connectivity index (χ1n) is 13.5. The number of rotatable bonds is 7. The minimum atomic E-state index is -0.585. The number of ether oxygens (including phenoxy) is 2. The molecule has 0 fully saturated rings. The lowest BCUT2D eigenvalue weighted by molar-refractivity contribution is -0.118. The summed E-state index contributed by atoms with van der Waals surface area (Å²) in [5, 5.41) is 15.4. The Morgan fingerprint density at radius 2 is 1.93 bits per heavy atom. The molecule has 208 valence electrons. The Hall–Kier alpha value is -4.90. The fourth-order valence-corrected chi connectivity index (χ4v) is 5.57. The topological polar surface area (TPSA) is 113 Å². The third kappa shape index (κ3) is 5.85. The maximum Gasteiger partial charge on any atom is 0.255 e. The maximum absolute atomic E-state index is 13.8. The number of carbonyl (C=O) groups is 2. The van der Waals surface area contributed by atoms with Gasteiger partial charge in [0.05, 0.1) is 18.7 Å². The summed E-state index contributed by atoms with van der Waals surface area (Å²) in [6.45, 7) is 6.23. The average Bonchev–Trinajstić information content (AvgIpc) is 2.95. The summed E-state index contributed by atoms with van der Waals surface area (Å²) in [7, 11) is 1.59. The molecule has 0 saturated heterocycles. The highest BCUT2D eigenvalue weighted by Crippen LogP contribution is 2.47. The van der Waals surface area contributed by atoms with E-state index in [-0.39, 0.29) is 23.7 Å². The SMILES string of the molecule is COc1ccc([C@@H]2C(C(=O)Nc3ccccn3)=C(C)NC3=C2C(=O)CC(C)(C)C3)cc1COc1ccc(C#N)cc1. The number of nitriles is 1. The van der Waals surface area contributed by atoms with Gasteiger partial charge in [-0.1, -0.05) is 26.0 Å². The summed E-state index contributed by atoms with van der Waals surface area (Å²) < 4.78 is 11.7. The quantitative estimate of drug-likeness (QED) is 0.385. The molecule has 1 aliphatic carbocycles. The third-order valence-electron chi connectivity index (χ3n) is 7.41. The Labute approximate surface area is 239 Å². The normalized spacial score (nSPS) is 17.7. The number of Topliss-reactive ketones (excluding diaryl/α,β-unsaturated/α-hetero) is 1. The van der Waals surface area contributed by atoms with Crippen molar-refractivity contribution in [2.24, 2.45) is 5.41 Å². The Kier molecular flexibility index (Phi) is 7.62. The number of dihydropyridines is 1. The molecule has 5 rings (SSSR count). The van der Waals surface area contributed by atoms with E-state index in [1.54, 1.807) is 55.8 Å². The van der Waals surface area contributed by atoms with Crippen molar-refractivity contribution < 1.29 is 19.1 Å². The summed E-state index contributed by atoms with van der Waals surface area (Å²) in [5.74, 6) is 0.780. The van der Waals surface area contributed by atoms with Crippen LogP contribution in [0.25, 0.3) is 0 Å². The molecule has 1 amide bonds. The second-order valence-corrected chi connectivity index (χ2v) is 11.1. The van der Waals surface area contributed by atoms with E-state index >= 15 is 0 Å². The molecule has 41 heavy (non-hydrogen) atoms. The molecule has 0 radical (unpaired) electrons. The highest BCUT2D eigenvalue weighted by molar-refractivity contribution is 6.09. The third-order valence-corrected chi connectivity index (χ3v) is 7.41. The van der Waals surface area contributed by atoms with Gasteiger partial charge in [-0.3, -0.25) is 9.59 Å². The number of anilines is 1. The molecular formula is C33H32N4O4. The zero-order valence-electron chi connectivity index (χ0n) is 23.6. The number of aromatic nitrogens is 1. The Morgan fingerprint density at radius 3 is 2.61 bits per heavy atom. The lowest BCUT2D eigenvalue weighted by Gasteiger charge is -2.39. The molecule has 2 aliphatic rings. The van der Waals surface area contributed by atoms with Gasteiger partial charge >= 0.3 is 0 Å². The van der Waals surface area contributed by atoms with Crippen LogP contribution in [-0.2, 0) is 16.2 Å². The summed E-state index contributed by atoms with van der Waals surface area (Å²) in [4.78, 5) is 31.7. The highest BCUT2D eigenvalue weighted by Gasteiger charge is 2.43. The molecular weight excluding hydrogens is 516 g/mol. The van der Waals surface area contributed by atoms with Crippen molar-refractivity contribution in [2.75, 3.05) is 12.4 Å². The zero-order chi connectivity index (χ0) is 29.1. The number of carbonyl (C=O) groups excluding carboxylic acids is 2. The largest absolute Gasteiger partial charge is 0.496 e. The van der Waals surface area contributed by atoms with E-state index in [0.29, 0.717) is 52.6 Å². The van der Waals surface area contributed by atoms with E-state index in [1.807, 2.05) is 25.1 Å². The van der Waals surface area contributed by atoms with Crippen molar-refractivity contribution in [3.8, 4) is 17.6 Å². The second kappa shape index (κ2) is 11.3. The van der Waals surface area contributed by atoms with Crippen LogP contribution in [0.5, 0.6) is 11.5 Å². The molecule has 0 unspecified atom stereocenters. The first kappa shape index (κ1) is 27.7. The van der Waals surface area contributed by atoms with Crippen molar-refractivity contribution in [3.63, 3.8) is 0 Å². The number of ketones is 1. The van der Waals surface area contributed by atoms with E-state index in [0.717, 1.165) is 16.8 Å². The average molecular weight is 549 g/mol. The number of hydrogen-bond donors (Lipinski definition) is 2. The van der Waals surface area contributed by atoms with Gasteiger partial charge in [0.15, 0.2) is 5.78 Å². The van der Waals surface area contributed by atoms with Gasteiger partial charge < -0.3 is 20.1 Å². The lowest BCUT2D eigenvalue weighted by atomic mass is 9.68. The van der Waals surface area contributed by atoms with Gasteiger partial charge in [-0.15, -0.1) is 0 Å². The molecule has 2 aromatic carbocycles. The van der Waals surface area contributed by atoms with Crippen LogP contribution >= 0.6 is 0 Å². The summed E-state index contributed by atoms with van der Waals surface area (Å²) in [6, 6.07) is 20.0. The van der Waals surface area contributed by atoms with Crippen molar-refractivity contribution >= 4 is 17.5 Å². The van der Waals surface area contributed by atoms with Gasteiger partial charge in [-0.25, -0.2) is 4.98 Å². The molecule has 1 aromatic heterocycles. The fourth-order valence-electron chi connectivity index (χ4n) is 5.57. The highest BCUT2D eigenvalue weighted by atomic mass is 16.5. The number of nitrogens with zero attached hydrogens (tertiary/aromatic N) is 2. The van der Waals surface area contributed by atoms with E-state index < -0.39 is 5.92 Å². The zero-order valence-corrected chi connectivity index (χ0v) is 23.6. The second-order valence-electron chi connectivity index (χ2n) is 11.1. The molecule has 8 nitrogen and oxygen atoms in total. The van der Waals surface area contributed by atoms with Crippen molar-refractivity contribution in [3.05, 3.63) is 106 Å². The Bertz CT molecular complexity index is 1600. The van der Waals surface area contributed by atoms with Gasteiger partial charge in [0.25, 0.3) is 5.91 Å². The molecule has 8 heteroatoms. The van der Waals surface area contributed by atoms with Gasteiger partial charge in [-0.2, -0.15) is 5.26 Å². The van der Waals surface area contributed by atoms with Crippen molar-refractivity contribution in [1.82, 2.24) is 10.3 Å². The van der Waals surface area contributed by atoms with E-state index in [4.69, 9.17) is 14.7 Å². The van der Waals surface area contributed by atoms with Gasteiger partial charge in [-0.05, 0) is 72.9 Å². The van der Waals surface area contributed by atoms with E-state index in [2.05, 4.69) is 35.5 Å². The van der Waals surface area contributed by atoms with Crippen LogP contribution < -0.4 is 20.1 Å². The number of benzene rings is 2. The van der Waals surface area contributed by atoms with E-state index in [1.165, 1.54) is 0 Å². The van der Waals surface area contributed by atoms with Crippen molar-refractivity contribution in [2.45, 2.75) is 46.1 Å². The van der Waals surface area contributed by atoms with E-state index in [9.17, 15) is 9.59 Å². The summed E-state index contributed by atoms with van der Waals surface area (Å²) in [5.41, 5.74) is 4.54. The molecule has 2 N–H and O–H groups in total. The predicted molar refractivity (Wildman–Crippen MR) is 155 cm³/mol. The number of hydrogen-bond acceptors (Lipinski definition) is 7. The number of nitrogens with one attached hydrogen (secondary N) is 2. The van der Waals surface area contributed by atoms with Crippen LogP contribution in [0.15, 0.2) is 89.4 Å². The van der Waals surface area contributed by atoms with Crippen LogP contribution in [0.4, 0.5) is 5.82 Å². The smallest absolute Gasteiger partial charge is 0.255 e. The first-order chi connectivity index (χ1) is 19.7. The van der Waals surface area contributed by atoms with Crippen LogP contribution in [-0.4, -0.2) is 23.8 Å². The van der Waals surface area contributed by atoms with Crippen LogP contribution in [0.3, 0.4) is 0 Å². The standard InChI is InChI=1S/C33H32N4O4/c1-20-29(32(39)37-28-7-5-6-14-35-28)30(31-25(36-20)16-33(2,3)17-26(31)38)22-10-13-27(40-4)23(15-22)19-41-24-11-8-21(18-34)9-12-24/h5-15,30,36H,16-17,19H2,1-4H3,(H,35,37,39)/t30-/m1/s1. The maximum atomic E-state index is 13.8. The molecule has 3 aromatic rings. The van der Waals surface area contributed by atoms with Crippen LogP contribution in [0, 0.1) is 16.7 Å². The van der Waals surface area contributed by atoms with Gasteiger partial charge in [0.1, 0.15) is 23.9 Å². The monoisotopic (exact) mass is 548 g/mol. The molecule has 1 aliphatic heterocycles. The molecule has 0 spiro atoms. The number of amides is 1. The fraction of sp³-hybridized carbons (Fsp3) is 0.273. The summed E-state index contributed by atoms with van der Waals surface area (Å²) >= 11 is 0. The molecule has 2 heterocycles. The summed E-state index contributed by atoms with van der Waals surface area (Å²) in [6.07, 6.45) is 2.70.